The number of hydrogen-bond donors (Lipinski definition) is 1. The van der Waals surface area contributed by atoms with Gasteiger partial charge in [-0.15, -0.1) is 0 Å². The van der Waals surface area contributed by atoms with Gasteiger partial charge in [0, 0.05) is 53.2 Å². The number of nitrogens with one attached hydrogen (secondary N) is 1. The van der Waals surface area contributed by atoms with E-state index >= 15 is 0 Å². The minimum absolute atomic E-state index is 0.138. The summed E-state index contributed by atoms with van der Waals surface area (Å²) in [5.41, 5.74) is 5.18. The Labute approximate surface area is 154 Å². The first-order valence-corrected chi connectivity index (χ1v) is 8.99. The molecule has 25 heavy (non-hydrogen) atoms. The number of nitrogens with zero attached hydrogens (tertiary/aromatic N) is 3. The number of amides is 1. The molecule has 1 N–H and O–H groups in total. The monoisotopic (exact) mass is 396 g/mol. The van der Waals surface area contributed by atoms with Crippen molar-refractivity contribution in [3.8, 4) is 11.3 Å². The molecule has 0 spiro atoms. The Hall–Kier alpha value is -2.47. The van der Waals surface area contributed by atoms with E-state index in [4.69, 9.17) is 0 Å². The molecule has 0 saturated carbocycles. The molecule has 6 heteroatoms. The van der Waals surface area contributed by atoms with E-state index in [9.17, 15) is 4.79 Å². The molecule has 1 amide bonds. The highest BCUT2D eigenvalue weighted by molar-refractivity contribution is 9.10. The third-order valence-corrected chi connectivity index (χ3v) is 5.31. The van der Waals surface area contributed by atoms with Gasteiger partial charge in [-0.25, -0.2) is 0 Å². The fourth-order valence-corrected chi connectivity index (χ4v) is 3.60. The molecular formula is C19H17BrN4O. The number of carbonyl (C=O) groups excluding carboxylic acids is 1. The molecule has 0 saturated heterocycles. The molecule has 4 rings (SSSR count). The van der Waals surface area contributed by atoms with Gasteiger partial charge in [-0.2, -0.15) is 5.10 Å². The summed E-state index contributed by atoms with van der Waals surface area (Å²) in [6, 6.07) is 11.7. The minimum Gasteiger partial charge on any atom is -0.338 e. The van der Waals surface area contributed by atoms with Crippen LogP contribution in [0.1, 0.15) is 16.8 Å². The van der Waals surface area contributed by atoms with E-state index in [0.29, 0.717) is 19.5 Å². The van der Waals surface area contributed by atoms with Crippen molar-refractivity contribution >= 4 is 21.8 Å². The molecule has 5 nitrogen and oxygen atoms in total. The number of halogens is 1. The predicted molar refractivity (Wildman–Crippen MR) is 98.8 cm³/mol. The first-order valence-electron chi connectivity index (χ1n) is 8.20. The summed E-state index contributed by atoms with van der Waals surface area (Å²) in [5, 5.41) is 7.59. The highest BCUT2D eigenvalue weighted by atomic mass is 79.9. The molecule has 1 aliphatic rings. The second kappa shape index (κ2) is 6.80. The largest absolute Gasteiger partial charge is 0.338 e. The smallest absolute Gasteiger partial charge is 0.227 e. The van der Waals surface area contributed by atoms with Gasteiger partial charge >= 0.3 is 0 Å². The van der Waals surface area contributed by atoms with Crippen LogP contribution in [0.2, 0.25) is 0 Å². The number of carbonyl (C=O) groups is 1. The lowest BCUT2D eigenvalue weighted by molar-refractivity contribution is -0.131. The molecule has 0 bridgehead atoms. The first-order chi connectivity index (χ1) is 12.2. The lowest BCUT2D eigenvalue weighted by Gasteiger charge is -2.27. The van der Waals surface area contributed by atoms with Crippen LogP contribution in [0.5, 0.6) is 0 Å². The van der Waals surface area contributed by atoms with Crippen LogP contribution in [0.4, 0.5) is 0 Å². The molecule has 3 heterocycles. The maximum atomic E-state index is 12.8. The van der Waals surface area contributed by atoms with Crippen LogP contribution in [-0.2, 0) is 24.2 Å². The summed E-state index contributed by atoms with van der Waals surface area (Å²) in [5.74, 6) is 0.138. The summed E-state index contributed by atoms with van der Waals surface area (Å²) < 4.78 is 0.974. The number of aromatic amines is 1. The van der Waals surface area contributed by atoms with E-state index in [1.165, 1.54) is 0 Å². The molecule has 0 radical (unpaired) electrons. The number of aromatic nitrogens is 3. The van der Waals surface area contributed by atoms with E-state index < -0.39 is 0 Å². The van der Waals surface area contributed by atoms with Gasteiger partial charge in [-0.3, -0.25) is 14.9 Å². The molecule has 1 aromatic carbocycles. The van der Waals surface area contributed by atoms with E-state index in [2.05, 4.69) is 31.1 Å². The zero-order valence-electron chi connectivity index (χ0n) is 13.6. The van der Waals surface area contributed by atoms with Crippen molar-refractivity contribution in [2.45, 2.75) is 19.4 Å². The fraction of sp³-hybridized carbons (Fsp3) is 0.211. The standard InChI is InChI=1S/C19H17BrN4O/c20-16-4-2-1-3-14(16)11-18(25)24-10-7-17-15(12-24)19(23-22-17)13-5-8-21-9-6-13/h1-6,8-9H,7,10-12H2,(H,22,23). The van der Waals surface area contributed by atoms with Crippen molar-refractivity contribution in [1.82, 2.24) is 20.1 Å². The van der Waals surface area contributed by atoms with Crippen molar-refractivity contribution in [1.29, 1.82) is 0 Å². The van der Waals surface area contributed by atoms with Crippen LogP contribution < -0.4 is 0 Å². The van der Waals surface area contributed by atoms with E-state index in [0.717, 1.165) is 39.0 Å². The zero-order valence-corrected chi connectivity index (χ0v) is 15.2. The van der Waals surface area contributed by atoms with Gasteiger partial charge in [0.2, 0.25) is 5.91 Å². The third-order valence-electron chi connectivity index (χ3n) is 4.54. The Bertz CT molecular complexity index is 907. The average molecular weight is 397 g/mol. The quantitative estimate of drug-likeness (QED) is 0.737. The molecule has 0 unspecified atom stereocenters. The van der Waals surface area contributed by atoms with Gasteiger partial charge in [0.25, 0.3) is 0 Å². The third kappa shape index (κ3) is 3.22. The molecule has 3 aromatic rings. The van der Waals surface area contributed by atoms with Crippen molar-refractivity contribution in [3.05, 3.63) is 70.1 Å². The number of benzene rings is 1. The lowest BCUT2D eigenvalue weighted by atomic mass is 10.0. The number of pyridine rings is 1. The number of H-pyrrole nitrogens is 1. The highest BCUT2D eigenvalue weighted by Crippen LogP contribution is 2.28. The van der Waals surface area contributed by atoms with Crippen molar-refractivity contribution in [2.24, 2.45) is 0 Å². The van der Waals surface area contributed by atoms with Crippen LogP contribution in [-0.4, -0.2) is 32.5 Å². The van der Waals surface area contributed by atoms with Crippen LogP contribution in [0.15, 0.2) is 53.3 Å². The van der Waals surface area contributed by atoms with Gasteiger partial charge in [0.15, 0.2) is 0 Å². The summed E-state index contributed by atoms with van der Waals surface area (Å²) >= 11 is 3.52. The molecular weight excluding hydrogens is 380 g/mol. The Balaban J connectivity index is 1.56. The number of fused-ring (bicyclic) bond motifs is 1. The SMILES string of the molecule is O=C(Cc1ccccc1Br)N1CCc2[nH]nc(-c3ccncc3)c2C1. The molecule has 126 valence electrons. The molecule has 2 aromatic heterocycles. The first kappa shape index (κ1) is 16.0. The fourth-order valence-electron chi connectivity index (χ4n) is 3.17. The maximum absolute atomic E-state index is 12.8. The molecule has 0 aliphatic carbocycles. The predicted octanol–water partition coefficient (Wildman–Crippen LogP) is 3.36. The number of rotatable bonds is 3. The highest BCUT2D eigenvalue weighted by Gasteiger charge is 2.25. The van der Waals surface area contributed by atoms with Crippen LogP contribution in [0, 0.1) is 0 Å². The normalized spacial score (nSPS) is 13.6. The van der Waals surface area contributed by atoms with Crippen LogP contribution >= 0.6 is 15.9 Å². The van der Waals surface area contributed by atoms with Crippen molar-refractivity contribution in [3.63, 3.8) is 0 Å². The van der Waals surface area contributed by atoms with Crippen molar-refractivity contribution < 1.29 is 4.79 Å². The van der Waals surface area contributed by atoms with E-state index in [1.807, 2.05) is 41.3 Å². The van der Waals surface area contributed by atoms with Gasteiger partial charge in [0.1, 0.15) is 0 Å². The summed E-state index contributed by atoms with van der Waals surface area (Å²) in [4.78, 5) is 18.7. The summed E-state index contributed by atoms with van der Waals surface area (Å²) in [6.45, 7) is 1.31. The topological polar surface area (TPSA) is 61.9 Å². The summed E-state index contributed by atoms with van der Waals surface area (Å²) in [7, 11) is 0. The van der Waals surface area contributed by atoms with Gasteiger partial charge in [0.05, 0.1) is 12.1 Å². The van der Waals surface area contributed by atoms with Crippen LogP contribution in [0.3, 0.4) is 0 Å². The number of hydrogen-bond acceptors (Lipinski definition) is 3. The van der Waals surface area contributed by atoms with Gasteiger partial charge < -0.3 is 4.90 Å². The van der Waals surface area contributed by atoms with Gasteiger partial charge in [-0.05, 0) is 23.8 Å². The Morgan fingerprint density at radius 1 is 1.20 bits per heavy atom. The lowest BCUT2D eigenvalue weighted by Crippen LogP contribution is -2.36. The second-order valence-electron chi connectivity index (χ2n) is 6.10. The Kier molecular flexibility index (Phi) is 4.36. The Morgan fingerprint density at radius 2 is 2.00 bits per heavy atom. The Morgan fingerprint density at radius 3 is 2.80 bits per heavy atom. The minimum atomic E-state index is 0.138. The summed E-state index contributed by atoms with van der Waals surface area (Å²) in [6.07, 6.45) is 4.72. The van der Waals surface area contributed by atoms with E-state index in [-0.39, 0.29) is 5.91 Å². The average Bonchev–Trinajstić information content (AvgIpc) is 3.07. The molecule has 1 aliphatic heterocycles. The molecule has 0 fully saturated rings. The van der Waals surface area contributed by atoms with Gasteiger partial charge in [-0.1, -0.05) is 34.1 Å². The second-order valence-corrected chi connectivity index (χ2v) is 6.95. The van der Waals surface area contributed by atoms with Crippen LogP contribution in [0.25, 0.3) is 11.3 Å². The zero-order chi connectivity index (χ0) is 17.2. The molecule has 0 atom stereocenters. The maximum Gasteiger partial charge on any atom is 0.227 e. The van der Waals surface area contributed by atoms with Crippen molar-refractivity contribution in [2.75, 3.05) is 6.54 Å². The van der Waals surface area contributed by atoms with E-state index in [1.54, 1.807) is 12.4 Å².